The van der Waals surface area contributed by atoms with Crippen molar-refractivity contribution in [1.82, 2.24) is 0 Å². The first-order valence-electron chi connectivity index (χ1n) is 4.77. The first-order chi connectivity index (χ1) is 8.06. The Bertz CT molecular complexity index is 403. The van der Waals surface area contributed by atoms with Crippen molar-refractivity contribution in [2.45, 2.75) is 11.8 Å². The second-order valence-corrected chi connectivity index (χ2v) is 4.26. The molecule has 1 aromatic heterocycles. The highest BCUT2D eigenvalue weighted by atomic mass is 32.2. The summed E-state index contributed by atoms with van der Waals surface area (Å²) in [6.45, 7) is 0. The maximum Gasteiger partial charge on any atom is 0.374 e. The van der Waals surface area contributed by atoms with Crippen molar-refractivity contribution in [3.05, 3.63) is 23.7 Å². The summed E-state index contributed by atoms with van der Waals surface area (Å²) in [6.07, 6.45) is 1.39. The van der Waals surface area contributed by atoms with Crippen LogP contribution in [0.4, 0.5) is 0 Å². The number of carbonyl (C=O) groups is 2. The van der Waals surface area contributed by atoms with Gasteiger partial charge in [-0.25, -0.2) is 4.79 Å². The highest BCUT2D eigenvalue weighted by Crippen LogP contribution is 2.19. The molecule has 0 spiro atoms. The molecule has 3 N–H and O–H groups in total. The number of methoxy groups -OCH3 is 1. The van der Waals surface area contributed by atoms with Crippen LogP contribution in [-0.4, -0.2) is 35.9 Å². The van der Waals surface area contributed by atoms with Crippen molar-refractivity contribution < 1.29 is 23.8 Å². The minimum Gasteiger partial charge on any atom is -0.480 e. The second-order valence-electron chi connectivity index (χ2n) is 3.23. The summed E-state index contributed by atoms with van der Waals surface area (Å²) in [4.78, 5) is 21.7. The number of furan rings is 1. The number of aliphatic carboxylic acids is 1. The summed E-state index contributed by atoms with van der Waals surface area (Å²) in [5.74, 6) is -0.738. The number of nitrogens with two attached hydrogens (primary N) is 1. The summed E-state index contributed by atoms with van der Waals surface area (Å²) in [5.41, 5.74) is 6.01. The molecule has 0 aliphatic heterocycles. The molecule has 17 heavy (non-hydrogen) atoms. The number of hydrogen-bond acceptors (Lipinski definition) is 6. The third kappa shape index (κ3) is 3.79. The van der Waals surface area contributed by atoms with Gasteiger partial charge in [-0.1, -0.05) is 0 Å². The first kappa shape index (κ1) is 13.6. The van der Waals surface area contributed by atoms with Gasteiger partial charge >= 0.3 is 11.9 Å². The van der Waals surface area contributed by atoms with Crippen molar-refractivity contribution in [3.8, 4) is 0 Å². The molecule has 1 atom stereocenters. The minimum atomic E-state index is -1.04. The highest BCUT2D eigenvalue weighted by molar-refractivity contribution is 7.98. The number of carboxylic acid groups (broad SMARTS) is 1. The molecule has 6 nitrogen and oxygen atoms in total. The Morgan fingerprint density at radius 1 is 1.65 bits per heavy atom. The lowest BCUT2D eigenvalue weighted by molar-refractivity contribution is -0.137. The maximum absolute atomic E-state index is 11.3. The van der Waals surface area contributed by atoms with Gasteiger partial charge in [-0.2, -0.15) is 11.8 Å². The van der Waals surface area contributed by atoms with Crippen molar-refractivity contribution >= 4 is 23.7 Å². The third-order valence-corrected chi connectivity index (χ3v) is 3.10. The van der Waals surface area contributed by atoms with Gasteiger partial charge < -0.3 is 20.0 Å². The van der Waals surface area contributed by atoms with E-state index < -0.39 is 18.0 Å². The maximum atomic E-state index is 11.3. The van der Waals surface area contributed by atoms with Gasteiger partial charge in [-0.15, -0.1) is 0 Å². The smallest absolute Gasteiger partial charge is 0.374 e. The van der Waals surface area contributed by atoms with Crippen LogP contribution in [0, 0.1) is 0 Å². The summed E-state index contributed by atoms with van der Waals surface area (Å²) in [7, 11) is 1.27. The fourth-order valence-electron chi connectivity index (χ4n) is 1.09. The fourth-order valence-corrected chi connectivity index (χ4v) is 2.05. The van der Waals surface area contributed by atoms with Gasteiger partial charge in [0.25, 0.3) is 0 Å². The van der Waals surface area contributed by atoms with E-state index in [-0.39, 0.29) is 11.5 Å². The lowest BCUT2D eigenvalue weighted by Crippen LogP contribution is -2.32. The molecule has 0 radical (unpaired) electrons. The Kier molecular flexibility index (Phi) is 5.05. The largest absolute Gasteiger partial charge is 0.480 e. The van der Waals surface area contributed by atoms with Crippen LogP contribution in [0.1, 0.15) is 16.1 Å². The van der Waals surface area contributed by atoms with Crippen LogP contribution in [0.15, 0.2) is 16.7 Å². The van der Waals surface area contributed by atoms with E-state index in [1.54, 1.807) is 6.07 Å². The molecule has 0 aliphatic carbocycles. The molecule has 0 saturated heterocycles. The Labute approximate surface area is 102 Å². The van der Waals surface area contributed by atoms with E-state index in [0.717, 1.165) is 0 Å². The second kappa shape index (κ2) is 6.31. The van der Waals surface area contributed by atoms with Crippen LogP contribution in [0.3, 0.4) is 0 Å². The number of carbonyl (C=O) groups excluding carboxylic acids is 1. The molecule has 1 unspecified atom stereocenters. The van der Waals surface area contributed by atoms with E-state index in [1.165, 1.54) is 25.1 Å². The van der Waals surface area contributed by atoms with Crippen LogP contribution >= 0.6 is 11.8 Å². The monoisotopic (exact) mass is 259 g/mol. The van der Waals surface area contributed by atoms with Gasteiger partial charge in [0.05, 0.1) is 13.4 Å². The van der Waals surface area contributed by atoms with Crippen molar-refractivity contribution in [1.29, 1.82) is 0 Å². The normalized spacial score (nSPS) is 12.1. The average Bonchev–Trinajstić information content (AvgIpc) is 2.76. The summed E-state index contributed by atoms with van der Waals surface area (Å²) >= 11 is 1.32. The highest BCUT2D eigenvalue weighted by Gasteiger charge is 2.17. The van der Waals surface area contributed by atoms with E-state index >= 15 is 0 Å². The number of esters is 1. The summed E-state index contributed by atoms with van der Waals surface area (Å²) in [6, 6.07) is 0.736. The minimum absolute atomic E-state index is 0.142. The van der Waals surface area contributed by atoms with Crippen molar-refractivity contribution in [2.75, 3.05) is 12.9 Å². The van der Waals surface area contributed by atoms with Crippen molar-refractivity contribution in [3.63, 3.8) is 0 Å². The molecular weight excluding hydrogens is 246 g/mol. The molecule has 0 fully saturated rings. The van der Waals surface area contributed by atoms with E-state index in [2.05, 4.69) is 4.74 Å². The molecule has 1 aromatic rings. The Morgan fingerprint density at radius 3 is 2.94 bits per heavy atom. The molecule has 94 valence electrons. The van der Waals surface area contributed by atoms with Crippen molar-refractivity contribution in [2.24, 2.45) is 5.73 Å². The Hall–Kier alpha value is -1.47. The molecule has 7 heteroatoms. The van der Waals surface area contributed by atoms with Gasteiger partial charge in [0.2, 0.25) is 5.76 Å². The SMILES string of the molecule is COC(=O)c1occc1CSCC(N)C(=O)O. The van der Waals surface area contributed by atoms with E-state index in [1.807, 2.05) is 0 Å². The van der Waals surface area contributed by atoms with Crippen LogP contribution in [0.25, 0.3) is 0 Å². The van der Waals surface area contributed by atoms with Crippen LogP contribution in [0.5, 0.6) is 0 Å². The summed E-state index contributed by atoms with van der Waals surface area (Å²) < 4.78 is 9.53. The number of thioether (sulfide) groups is 1. The van der Waals surface area contributed by atoms with E-state index in [9.17, 15) is 9.59 Å². The van der Waals surface area contributed by atoms with Gasteiger partial charge in [0.1, 0.15) is 6.04 Å². The Morgan fingerprint density at radius 2 is 2.35 bits per heavy atom. The van der Waals surface area contributed by atoms with Crippen LogP contribution in [0.2, 0.25) is 0 Å². The molecule has 1 rings (SSSR count). The predicted octanol–water partition coefficient (Wildman–Crippen LogP) is 0.711. The van der Waals surface area contributed by atoms with E-state index in [4.69, 9.17) is 15.3 Å². The van der Waals surface area contributed by atoms with Crippen LogP contribution in [-0.2, 0) is 15.3 Å². The zero-order chi connectivity index (χ0) is 12.8. The quantitative estimate of drug-likeness (QED) is 0.725. The van der Waals surface area contributed by atoms with E-state index in [0.29, 0.717) is 11.3 Å². The lowest BCUT2D eigenvalue weighted by atomic mass is 10.3. The van der Waals surface area contributed by atoms with Crippen LogP contribution < -0.4 is 5.73 Å². The molecule has 0 aromatic carbocycles. The average molecular weight is 259 g/mol. The third-order valence-electron chi connectivity index (χ3n) is 1.99. The number of ether oxygens (including phenoxy) is 1. The van der Waals surface area contributed by atoms with Gasteiger partial charge in [-0.3, -0.25) is 4.79 Å². The molecule has 1 heterocycles. The van der Waals surface area contributed by atoms with Gasteiger partial charge in [-0.05, 0) is 6.07 Å². The van der Waals surface area contributed by atoms with Gasteiger partial charge in [0.15, 0.2) is 0 Å². The number of carboxylic acids is 1. The van der Waals surface area contributed by atoms with Gasteiger partial charge in [0, 0.05) is 17.1 Å². The molecule has 0 aliphatic rings. The molecule has 0 amide bonds. The molecule has 0 saturated carbocycles. The number of hydrogen-bond donors (Lipinski definition) is 2. The first-order valence-corrected chi connectivity index (χ1v) is 5.92. The molecule has 0 bridgehead atoms. The molecular formula is C10H13NO5S. The lowest BCUT2D eigenvalue weighted by Gasteiger charge is -2.05. The summed E-state index contributed by atoms with van der Waals surface area (Å²) in [5, 5.41) is 8.59. The number of rotatable bonds is 6. The predicted molar refractivity (Wildman–Crippen MR) is 61.8 cm³/mol. The Balaban J connectivity index is 2.50. The topological polar surface area (TPSA) is 103 Å². The fraction of sp³-hybridized carbons (Fsp3) is 0.400. The standard InChI is InChI=1S/C10H13NO5S/c1-15-10(14)8-6(2-3-16-8)4-17-5-7(11)9(12)13/h2-3,7H,4-5,11H2,1H3,(H,12,13). The zero-order valence-electron chi connectivity index (χ0n) is 9.21. The zero-order valence-corrected chi connectivity index (χ0v) is 10.0.